The molecule has 0 fully saturated rings. The maximum Gasteiger partial charge on any atom is 0.341 e. The van der Waals surface area contributed by atoms with Gasteiger partial charge in [-0.25, -0.2) is 9.78 Å². The minimum absolute atomic E-state index is 0.0227. The monoisotopic (exact) mass is 468 g/mol. The number of carboxylic acid groups (broad SMARTS) is 1. The van der Waals surface area contributed by atoms with Gasteiger partial charge in [0, 0.05) is 42.7 Å². The summed E-state index contributed by atoms with van der Waals surface area (Å²) < 4.78 is 13.1. The number of nitrogens with zero attached hydrogens (tertiary/aromatic N) is 2. The van der Waals surface area contributed by atoms with E-state index >= 15 is 0 Å². The van der Waals surface area contributed by atoms with Gasteiger partial charge in [0.05, 0.1) is 17.7 Å². The van der Waals surface area contributed by atoms with Crippen molar-refractivity contribution in [3.8, 4) is 27.4 Å². The van der Waals surface area contributed by atoms with Gasteiger partial charge >= 0.3 is 5.97 Å². The Kier molecular flexibility index (Phi) is 5.92. The molecule has 2 aromatic heterocycles. The Morgan fingerprint density at radius 1 is 1.24 bits per heavy atom. The van der Waals surface area contributed by atoms with E-state index < -0.39 is 11.4 Å². The lowest BCUT2D eigenvalue weighted by atomic mass is 9.78. The zero-order valence-corrected chi connectivity index (χ0v) is 20.4. The highest BCUT2D eigenvalue weighted by molar-refractivity contribution is 7.15. The predicted octanol–water partition coefficient (Wildman–Crippen LogP) is 5.20. The quantitative estimate of drug-likeness (QED) is 0.554. The highest BCUT2D eigenvalue weighted by atomic mass is 32.1. The van der Waals surface area contributed by atoms with Crippen molar-refractivity contribution >= 4 is 17.3 Å². The molecule has 0 saturated heterocycles. The number of rotatable bonds is 5. The Morgan fingerprint density at radius 3 is 2.58 bits per heavy atom. The number of carbonyl (C=O) groups is 1. The van der Waals surface area contributed by atoms with Crippen molar-refractivity contribution in [2.75, 3.05) is 14.2 Å². The molecule has 2 atom stereocenters. The van der Waals surface area contributed by atoms with Crippen LogP contribution in [0.1, 0.15) is 60.8 Å². The van der Waals surface area contributed by atoms with Crippen molar-refractivity contribution in [2.45, 2.75) is 46.3 Å². The average molecular weight is 469 g/mol. The zero-order valence-electron chi connectivity index (χ0n) is 19.6. The molecule has 33 heavy (non-hydrogen) atoms. The number of carboxylic acids is 1. The van der Waals surface area contributed by atoms with Gasteiger partial charge in [0.25, 0.3) is 0 Å². The third kappa shape index (κ3) is 4.09. The molecule has 3 heterocycles. The van der Waals surface area contributed by atoms with E-state index in [9.17, 15) is 14.7 Å². The van der Waals surface area contributed by atoms with Gasteiger partial charge in [0.15, 0.2) is 5.43 Å². The van der Waals surface area contributed by atoms with Crippen LogP contribution in [0, 0.1) is 5.41 Å². The third-order valence-electron chi connectivity index (χ3n) is 6.25. The van der Waals surface area contributed by atoms with Crippen molar-refractivity contribution in [2.24, 2.45) is 5.41 Å². The van der Waals surface area contributed by atoms with E-state index in [0.29, 0.717) is 17.9 Å². The predicted molar refractivity (Wildman–Crippen MR) is 128 cm³/mol. The van der Waals surface area contributed by atoms with Crippen LogP contribution in [0.5, 0.6) is 5.75 Å². The summed E-state index contributed by atoms with van der Waals surface area (Å²) in [6, 6.07) is 5.46. The first-order valence-electron chi connectivity index (χ1n) is 10.7. The molecule has 0 aliphatic carbocycles. The van der Waals surface area contributed by atoms with Crippen LogP contribution in [0.3, 0.4) is 0 Å². The highest BCUT2D eigenvalue weighted by Gasteiger charge is 2.34. The van der Waals surface area contributed by atoms with Gasteiger partial charge in [-0.2, -0.15) is 0 Å². The van der Waals surface area contributed by atoms with E-state index in [0.717, 1.165) is 26.6 Å². The summed E-state index contributed by atoms with van der Waals surface area (Å²) in [5.74, 6) is -0.544. The van der Waals surface area contributed by atoms with Crippen LogP contribution in [0.25, 0.3) is 21.7 Å². The second-order valence-electron chi connectivity index (χ2n) is 9.39. The number of methoxy groups -OCH3 is 2. The van der Waals surface area contributed by atoms with E-state index in [1.807, 2.05) is 23.8 Å². The number of benzene rings is 1. The topological polar surface area (TPSA) is 90.7 Å². The molecule has 174 valence electrons. The van der Waals surface area contributed by atoms with E-state index in [4.69, 9.17) is 9.47 Å². The maximum absolute atomic E-state index is 12.6. The molecule has 0 spiro atoms. The number of thiazole rings is 1. The number of fused-ring (bicyclic) bond motifs is 3. The third-order valence-corrected chi connectivity index (χ3v) is 7.44. The molecule has 2 unspecified atom stereocenters. The number of aromatic nitrogens is 2. The Hall–Kier alpha value is -2.97. The van der Waals surface area contributed by atoms with Crippen molar-refractivity contribution in [3.05, 3.63) is 57.0 Å². The van der Waals surface area contributed by atoms with Crippen LogP contribution < -0.4 is 10.2 Å². The van der Waals surface area contributed by atoms with Crippen molar-refractivity contribution in [1.29, 1.82) is 0 Å². The average Bonchev–Trinajstić information content (AvgIpc) is 3.26. The molecule has 8 heteroatoms. The summed E-state index contributed by atoms with van der Waals surface area (Å²) in [7, 11) is 3.28. The fourth-order valence-corrected chi connectivity index (χ4v) is 5.28. The second-order valence-corrected chi connectivity index (χ2v) is 10.4. The molecule has 1 aromatic carbocycles. The van der Waals surface area contributed by atoms with E-state index in [1.165, 1.54) is 12.3 Å². The normalized spacial score (nSPS) is 16.1. The van der Waals surface area contributed by atoms with E-state index in [-0.39, 0.29) is 23.1 Å². The zero-order chi connectivity index (χ0) is 24.1. The molecule has 1 aliphatic rings. The highest BCUT2D eigenvalue weighted by Crippen LogP contribution is 2.46. The fraction of sp³-hybridized carbons (Fsp3) is 0.400. The van der Waals surface area contributed by atoms with Crippen LogP contribution in [0.15, 0.2) is 35.4 Å². The summed E-state index contributed by atoms with van der Waals surface area (Å²) in [6.45, 7) is 8.33. The lowest BCUT2D eigenvalue weighted by molar-refractivity contribution is 0.0693. The van der Waals surface area contributed by atoms with Gasteiger partial charge in [-0.05, 0) is 36.5 Å². The van der Waals surface area contributed by atoms with Crippen LogP contribution in [-0.4, -0.2) is 34.8 Å². The molecule has 0 amide bonds. The number of hydrogen-bond donors (Lipinski definition) is 1. The molecular formula is C25H28N2O5S. The molecule has 0 radical (unpaired) electrons. The number of ether oxygens (including phenoxy) is 2. The molecule has 1 N–H and O–H groups in total. The molecule has 0 bridgehead atoms. The van der Waals surface area contributed by atoms with Crippen LogP contribution >= 0.6 is 11.3 Å². The summed E-state index contributed by atoms with van der Waals surface area (Å²) in [5.41, 5.74) is 2.72. The first-order chi connectivity index (χ1) is 15.5. The lowest BCUT2D eigenvalue weighted by Crippen LogP contribution is -2.32. The van der Waals surface area contributed by atoms with Crippen molar-refractivity contribution in [3.63, 3.8) is 0 Å². The molecule has 1 aliphatic heterocycles. The number of pyridine rings is 1. The van der Waals surface area contributed by atoms with Crippen LogP contribution in [0.2, 0.25) is 0 Å². The van der Waals surface area contributed by atoms with Gasteiger partial charge in [-0.3, -0.25) is 4.79 Å². The van der Waals surface area contributed by atoms with Crippen LogP contribution in [-0.2, 0) is 11.2 Å². The molecule has 7 nitrogen and oxygen atoms in total. The minimum Gasteiger partial charge on any atom is -0.496 e. The maximum atomic E-state index is 12.6. The first-order valence-corrected chi connectivity index (χ1v) is 11.6. The first kappa shape index (κ1) is 23.2. The van der Waals surface area contributed by atoms with Crippen molar-refractivity contribution < 1.29 is 19.4 Å². The summed E-state index contributed by atoms with van der Waals surface area (Å²) >= 11 is 1.56. The van der Waals surface area contributed by atoms with Crippen LogP contribution in [0.4, 0.5) is 0 Å². The van der Waals surface area contributed by atoms with Gasteiger partial charge < -0.3 is 19.1 Å². The van der Waals surface area contributed by atoms with Gasteiger partial charge in [0.2, 0.25) is 0 Å². The van der Waals surface area contributed by atoms with Crippen molar-refractivity contribution in [1.82, 2.24) is 9.55 Å². The molecule has 3 aromatic rings. The summed E-state index contributed by atoms with van der Waals surface area (Å²) in [6.07, 6.45) is 3.92. The smallest absolute Gasteiger partial charge is 0.341 e. The lowest BCUT2D eigenvalue weighted by Gasteiger charge is -2.39. The number of aromatic carboxylic acids is 1. The Balaban J connectivity index is 1.93. The Bertz CT molecular complexity index is 1280. The molecule has 0 saturated carbocycles. The van der Waals surface area contributed by atoms with E-state index in [2.05, 4.69) is 31.8 Å². The number of hydrogen-bond acceptors (Lipinski definition) is 6. The Morgan fingerprint density at radius 2 is 1.97 bits per heavy atom. The summed E-state index contributed by atoms with van der Waals surface area (Å²) in [4.78, 5) is 29.7. The SMILES string of the molecule is COc1cc2c(cc1-c1cnc(C(C)OC)s1)CC(C(C)(C)C)n1cc(C(=O)O)c(=O)cc1-2. The largest absolute Gasteiger partial charge is 0.496 e. The standard InChI is InChI=1S/C25H28N2O5S/c1-13(31-5)23-26-11-21(33-23)16-7-14-8-22(25(2,3)4)27-12-17(24(29)30)19(28)10-18(27)15(14)9-20(16)32-6/h7,9-13,22H,8H2,1-6H3,(H,29,30). The minimum atomic E-state index is -1.21. The fourth-order valence-electron chi connectivity index (χ4n) is 4.31. The van der Waals surface area contributed by atoms with Gasteiger partial charge in [0.1, 0.15) is 22.4 Å². The molecular weight excluding hydrogens is 440 g/mol. The van der Waals surface area contributed by atoms with Gasteiger partial charge in [-0.1, -0.05) is 20.8 Å². The second kappa shape index (κ2) is 8.43. The Labute approximate surface area is 196 Å². The molecule has 4 rings (SSSR count). The van der Waals surface area contributed by atoms with E-state index in [1.54, 1.807) is 25.6 Å². The summed E-state index contributed by atoms with van der Waals surface area (Å²) in [5, 5.41) is 10.4. The van der Waals surface area contributed by atoms with Gasteiger partial charge in [-0.15, -0.1) is 11.3 Å².